The standard InChI is InChI=1S/C14H25NOS/c1-14(2,3)15-9-5-4-6-10-16-12-13-8-7-11-17-13/h7-8,11,15H,4-6,9-10,12H2,1-3H3. The van der Waals surface area contributed by atoms with Gasteiger partial charge in [-0.15, -0.1) is 11.3 Å². The van der Waals surface area contributed by atoms with Crippen LogP contribution < -0.4 is 5.32 Å². The highest BCUT2D eigenvalue weighted by Crippen LogP contribution is 2.10. The van der Waals surface area contributed by atoms with Gasteiger partial charge in [0.05, 0.1) is 6.61 Å². The Bertz CT molecular complexity index is 277. The Labute approximate surface area is 109 Å². The highest BCUT2D eigenvalue weighted by atomic mass is 32.1. The second kappa shape index (κ2) is 7.85. The van der Waals surface area contributed by atoms with E-state index in [-0.39, 0.29) is 5.54 Å². The molecule has 1 aromatic heterocycles. The van der Waals surface area contributed by atoms with Gasteiger partial charge < -0.3 is 10.1 Å². The van der Waals surface area contributed by atoms with E-state index in [0.717, 1.165) is 26.2 Å². The van der Waals surface area contributed by atoms with Crippen LogP contribution >= 0.6 is 11.3 Å². The molecule has 0 aliphatic heterocycles. The van der Waals surface area contributed by atoms with E-state index in [1.165, 1.54) is 17.7 Å². The quantitative estimate of drug-likeness (QED) is 0.713. The number of ether oxygens (including phenoxy) is 1. The first-order chi connectivity index (χ1) is 8.08. The maximum atomic E-state index is 5.62. The van der Waals surface area contributed by atoms with Crippen LogP contribution in [-0.2, 0) is 11.3 Å². The molecule has 2 nitrogen and oxygen atoms in total. The zero-order valence-electron chi connectivity index (χ0n) is 11.3. The molecule has 1 N–H and O–H groups in total. The molecule has 1 heterocycles. The van der Waals surface area contributed by atoms with E-state index in [1.54, 1.807) is 11.3 Å². The smallest absolute Gasteiger partial charge is 0.0809 e. The fraction of sp³-hybridized carbons (Fsp3) is 0.714. The van der Waals surface area contributed by atoms with Crippen LogP contribution in [0.25, 0.3) is 0 Å². The Morgan fingerprint density at radius 2 is 2.06 bits per heavy atom. The number of hydrogen-bond acceptors (Lipinski definition) is 3. The third-order valence-corrected chi connectivity index (χ3v) is 3.30. The van der Waals surface area contributed by atoms with Gasteiger partial charge in [-0.05, 0) is 58.0 Å². The van der Waals surface area contributed by atoms with E-state index in [2.05, 4.69) is 43.6 Å². The van der Waals surface area contributed by atoms with Crippen molar-refractivity contribution >= 4 is 11.3 Å². The fourth-order valence-electron chi connectivity index (χ4n) is 1.54. The molecule has 0 bridgehead atoms. The van der Waals surface area contributed by atoms with Crippen LogP contribution in [0.15, 0.2) is 17.5 Å². The van der Waals surface area contributed by atoms with Crippen LogP contribution in [0.3, 0.4) is 0 Å². The van der Waals surface area contributed by atoms with E-state index in [4.69, 9.17) is 4.74 Å². The van der Waals surface area contributed by atoms with Crippen molar-refractivity contribution in [3.63, 3.8) is 0 Å². The highest BCUT2D eigenvalue weighted by molar-refractivity contribution is 7.09. The summed E-state index contributed by atoms with van der Waals surface area (Å²) in [5, 5.41) is 5.59. The summed E-state index contributed by atoms with van der Waals surface area (Å²) in [6.07, 6.45) is 3.64. The molecule has 0 radical (unpaired) electrons. The lowest BCUT2D eigenvalue weighted by molar-refractivity contribution is 0.119. The second-order valence-corrected chi connectivity index (χ2v) is 6.40. The molecule has 0 aliphatic rings. The first-order valence-corrected chi connectivity index (χ1v) is 7.31. The molecule has 0 amide bonds. The predicted octanol–water partition coefficient (Wildman–Crippen LogP) is 3.82. The Hall–Kier alpha value is -0.380. The molecule has 0 saturated carbocycles. The van der Waals surface area contributed by atoms with Gasteiger partial charge in [-0.25, -0.2) is 0 Å². The number of thiophene rings is 1. The minimum Gasteiger partial charge on any atom is -0.376 e. The molecular formula is C14H25NOS. The zero-order chi connectivity index (χ0) is 12.6. The fourth-order valence-corrected chi connectivity index (χ4v) is 2.18. The molecule has 1 aromatic rings. The van der Waals surface area contributed by atoms with Crippen LogP contribution in [0.4, 0.5) is 0 Å². The first kappa shape index (κ1) is 14.7. The van der Waals surface area contributed by atoms with Crippen molar-refractivity contribution in [1.82, 2.24) is 5.32 Å². The zero-order valence-corrected chi connectivity index (χ0v) is 12.1. The Balaban J connectivity index is 1.85. The van der Waals surface area contributed by atoms with Crippen molar-refractivity contribution in [2.24, 2.45) is 0 Å². The molecule has 0 spiro atoms. The first-order valence-electron chi connectivity index (χ1n) is 6.43. The minimum absolute atomic E-state index is 0.246. The molecule has 0 aromatic carbocycles. The SMILES string of the molecule is CC(C)(C)NCCCCCOCc1cccs1. The van der Waals surface area contributed by atoms with E-state index in [1.807, 2.05) is 0 Å². The number of nitrogens with one attached hydrogen (secondary N) is 1. The van der Waals surface area contributed by atoms with E-state index in [0.29, 0.717) is 0 Å². The van der Waals surface area contributed by atoms with Gasteiger partial charge in [0, 0.05) is 17.0 Å². The summed E-state index contributed by atoms with van der Waals surface area (Å²) < 4.78 is 5.62. The average Bonchev–Trinajstić information content (AvgIpc) is 2.73. The van der Waals surface area contributed by atoms with E-state index in [9.17, 15) is 0 Å². The van der Waals surface area contributed by atoms with Gasteiger partial charge in [-0.2, -0.15) is 0 Å². The molecule has 1 rings (SSSR count). The van der Waals surface area contributed by atoms with Crippen molar-refractivity contribution in [2.45, 2.75) is 52.2 Å². The monoisotopic (exact) mass is 255 g/mol. The third-order valence-electron chi connectivity index (χ3n) is 2.45. The van der Waals surface area contributed by atoms with Crippen molar-refractivity contribution < 1.29 is 4.74 Å². The summed E-state index contributed by atoms with van der Waals surface area (Å²) in [5.74, 6) is 0. The van der Waals surface area contributed by atoms with Gasteiger partial charge in [0.1, 0.15) is 0 Å². The summed E-state index contributed by atoms with van der Waals surface area (Å²) >= 11 is 1.76. The number of hydrogen-bond donors (Lipinski definition) is 1. The van der Waals surface area contributed by atoms with E-state index < -0.39 is 0 Å². The molecule has 0 saturated heterocycles. The van der Waals surface area contributed by atoms with Gasteiger partial charge in [0.15, 0.2) is 0 Å². The number of rotatable bonds is 8. The normalized spacial score (nSPS) is 11.9. The van der Waals surface area contributed by atoms with Gasteiger partial charge >= 0.3 is 0 Å². The maximum absolute atomic E-state index is 5.62. The molecule has 0 atom stereocenters. The van der Waals surface area contributed by atoms with Crippen LogP contribution in [0.5, 0.6) is 0 Å². The summed E-state index contributed by atoms with van der Waals surface area (Å²) in [4.78, 5) is 1.32. The summed E-state index contributed by atoms with van der Waals surface area (Å²) in [6.45, 7) is 9.38. The summed E-state index contributed by atoms with van der Waals surface area (Å²) in [6, 6.07) is 4.19. The van der Waals surface area contributed by atoms with Crippen LogP contribution in [0.1, 0.15) is 44.9 Å². The maximum Gasteiger partial charge on any atom is 0.0809 e. The van der Waals surface area contributed by atoms with E-state index >= 15 is 0 Å². The number of unbranched alkanes of at least 4 members (excludes halogenated alkanes) is 2. The highest BCUT2D eigenvalue weighted by Gasteiger charge is 2.06. The second-order valence-electron chi connectivity index (χ2n) is 5.37. The largest absolute Gasteiger partial charge is 0.376 e. The lowest BCUT2D eigenvalue weighted by atomic mass is 10.1. The van der Waals surface area contributed by atoms with Crippen LogP contribution in [0.2, 0.25) is 0 Å². The third kappa shape index (κ3) is 8.36. The lowest BCUT2D eigenvalue weighted by Crippen LogP contribution is -2.36. The van der Waals surface area contributed by atoms with Gasteiger partial charge in [0.2, 0.25) is 0 Å². The van der Waals surface area contributed by atoms with Gasteiger partial charge in [-0.1, -0.05) is 6.07 Å². The van der Waals surface area contributed by atoms with Crippen molar-refractivity contribution in [3.05, 3.63) is 22.4 Å². The molecule has 17 heavy (non-hydrogen) atoms. The molecule has 0 aliphatic carbocycles. The minimum atomic E-state index is 0.246. The lowest BCUT2D eigenvalue weighted by Gasteiger charge is -2.20. The Morgan fingerprint density at radius 3 is 2.71 bits per heavy atom. The topological polar surface area (TPSA) is 21.3 Å². The summed E-state index contributed by atoms with van der Waals surface area (Å²) in [5.41, 5.74) is 0.246. The Morgan fingerprint density at radius 1 is 1.24 bits per heavy atom. The molecule has 3 heteroatoms. The average molecular weight is 255 g/mol. The molecule has 0 fully saturated rings. The van der Waals surface area contributed by atoms with Crippen molar-refractivity contribution in [3.8, 4) is 0 Å². The molecule has 0 unspecified atom stereocenters. The van der Waals surface area contributed by atoms with Crippen LogP contribution in [-0.4, -0.2) is 18.7 Å². The van der Waals surface area contributed by atoms with Gasteiger partial charge in [0.25, 0.3) is 0 Å². The molecular weight excluding hydrogens is 230 g/mol. The molecule has 98 valence electrons. The predicted molar refractivity (Wildman–Crippen MR) is 75.6 cm³/mol. The van der Waals surface area contributed by atoms with Crippen molar-refractivity contribution in [2.75, 3.05) is 13.2 Å². The van der Waals surface area contributed by atoms with Gasteiger partial charge in [-0.3, -0.25) is 0 Å². The summed E-state index contributed by atoms with van der Waals surface area (Å²) in [7, 11) is 0. The Kier molecular flexibility index (Phi) is 6.78. The van der Waals surface area contributed by atoms with Crippen molar-refractivity contribution in [1.29, 1.82) is 0 Å². The van der Waals surface area contributed by atoms with Crippen LogP contribution in [0, 0.1) is 0 Å².